The Balaban J connectivity index is 1.49. The van der Waals surface area contributed by atoms with Crippen LogP contribution in [-0.4, -0.2) is 42.1 Å². The molecule has 7 heteroatoms. The highest BCUT2D eigenvalue weighted by atomic mass is 32.1. The number of rotatable bonds is 5. The predicted molar refractivity (Wildman–Crippen MR) is 131 cm³/mol. The highest BCUT2D eigenvalue weighted by Gasteiger charge is 2.51. The Hall–Kier alpha value is -3.89. The molecule has 1 N–H and O–H groups in total. The number of hydrogen-bond donors (Lipinski definition) is 1. The van der Waals surface area contributed by atoms with Crippen molar-refractivity contribution >= 4 is 33.4 Å². The van der Waals surface area contributed by atoms with Crippen LogP contribution in [0.2, 0.25) is 0 Å². The fraction of sp³-hybridized carbons (Fsp3) is 0.185. The lowest BCUT2D eigenvalue weighted by Gasteiger charge is -2.45. The topological polar surface area (TPSA) is 58.6 Å². The quantitative estimate of drug-likeness (QED) is 0.423. The summed E-state index contributed by atoms with van der Waals surface area (Å²) < 4.78 is 20.3. The third kappa shape index (κ3) is 3.97. The lowest BCUT2D eigenvalue weighted by Crippen LogP contribution is -2.69. The van der Waals surface area contributed by atoms with E-state index < -0.39 is 11.6 Å². The van der Waals surface area contributed by atoms with Crippen LogP contribution < -0.4 is 5.32 Å². The van der Waals surface area contributed by atoms with Crippen molar-refractivity contribution < 1.29 is 18.7 Å². The fourth-order valence-corrected chi connectivity index (χ4v) is 5.64. The fourth-order valence-electron chi connectivity index (χ4n) is 4.40. The number of carbonyl (C=O) groups excluding carboxylic acids is 2. The van der Waals surface area contributed by atoms with Gasteiger partial charge in [0.25, 0.3) is 5.91 Å². The standard InChI is InChI=1S/C27H21FN2O3S/c1-2-3-4-5-6-10-21-20-13-12-18(19-9-7-8-11-22(19)28)14-23(20)34-24(21)25(31)30-15-27(16-30)17-33-26(32)29-27/h1,3-9,11-14H,10,15-17H2,(H,29,32)/b4-3-,6-5-. The summed E-state index contributed by atoms with van der Waals surface area (Å²) in [5.41, 5.74) is 1.72. The van der Waals surface area contributed by atoms with Gasteiger partial charge in [0, 0.05) is 23.4 Å². The molecule has 3 aromatic rings. The van der Waals surface area contributed by atoms with Crippen molar-refractivity contribution in [1.29, 1.82) is 0 Å². The number of benzene rings is 2. The molecule has 2 amide bonds. The van der Waals surface area contributed by atoms with Crippen LogP contribution >= 0.6 is 11.3 Å². The zero-order chi connectivity index (χ0) is 23.7. The minimum absolute atomic E-state index is 0.0806. The van der Waals surface area contributed by atoms with Crippen LogP contribution in [0.1, 0.15) is 15.2 Å². The van der Waals surface area contributed by atoms with Gasteiger partial charge in [-0.3, -0.25) is 4.79 Å². The molecule has 0 aliphatic carbocycles. The second-order valence-corrected chi connectivity index (χ2v) is 9.45. The SMILES string of the molecule is C#C/C=C\C=C/Cc1c(C(=O)N2CC3(COC(=O)N3)C2)sc2cc(-c3ccccc3F)ccc12. The number of thiophene rings is 1. The predicted octanol–water partition coefficient (Wildman–Crippen LogP) is 4.93. The Morgan fingerprint density at radius 3 is 2.82 bits per heavy atom. The van der Waals surface area contributed by atoms with Crippen LogP contribution in [0.3, 0.4) is 0 Å². The second-order valence-electron chi connectivity index (χ2n) is 8.40. The molecule has 0 atom stereocenters. The van der Waals surface area contributed by atoms with Crippen LogP contribution in [0.5, 0.6) is 0 Å². The van der Waals surface area contributed by atoms with Gasteiger partial charge in [0.2, 0.25) is 0 Å². The van der Waals surface area contributed by atoms with Crippen molar-refractivity contribution in [1.82, 2.24) is 10.2 Å². The number of ether oxygens (including phenoxy) is 1. The molecule has 3 heterocycles. The molecule has 0 radical (unpaired) electrons. The molecule has 2 aromatic carbocycles. The number of carbonyl (C=O) groups is 2. The van der Waals surface area contributed by atoms with E-state index in [0.29, 0.717) is 30.0 Å². The first kappa shape index (κ1) is 21.9. The molecule has 0 saturated carbocycles. The van der Waals surface area contributed by atoms with Crippen molar-refractivity contribution in [2.45, 2.75) is 12.0 Å². The average Bonchev–Trinajstić information content (AvgIpc) is 3.38. The number of alkyl carbamates (subject to hydrolysis) is 1. The highest BCUT2D eigenvalue weighted by molar-refractivity contribution is 7.21. The minimum atomic E-state index is -0.485. The van der Waals surface area contributed by atoms with Gasteiger partial charge >= 0.3 is 6.09 Å². The van der Waals surface area contributed by atoms with Crippen LogP contribution in [0, 0.1) is 18.2 Å². The Bertz CT molecular complexity index is 1390. The van der Waals surface area contributed by atoms with Gasteiger partial charge in [-0.05, 0) is 41.1 Å². The molecule has 2 fully saturated rings. The summed E-state index contributed by atoms with van der Waals surface area (Å²) in [6.45, 7) is 1.09. The molecule has 1 spiro atoms. The normalized spacial score (nSPS) is 16.7. The van der Waals surface area contributed by atoms with E-state index in [4.69, 9.17) is 11.2 Å². The zero-order valence-corrected chi connectivity index (χ0v) is 19.0. The molecule has 0 bridgehead atoms. The molecule has 0 unspecified atom stereocenters. The van der Waals surface area contributed by atoms with Gasteiger partial charge in [-0.15, -0.1) is 17.8 Å². The van der Waals surface area contributed by atoms with E-state index in [0.717, 1.165) is 21.2 Å². The summed E-state index contributed by atoms with van der Waals surface area (Å²) in [6, 6.07) is 12.4. The average molecular weight is 473 g/mol. The molecule has 34 heavy (non-hydrogen) atoms. The Morgan fingerprint density at radius 1 is 1.26 bits per heavy atom. The number of allylic oxidation sites excluding steroid dienone is 4. The first-order valence-electron chi connectivity index (χ1n) is 10.8. The summed E-state index contributed by atoms with van der Waals surface area (Å²) in [4.78, 5) is 27.3. The minimum Gasteiger partial charge on any atom is -0.447 e. The summed E-state index contributed by atoms with van der Waals surface area (Å²) in [5, 5.41) is 3.77. The molecular formula is C27H21FN2O3S. The van der Waals surface area contributed by atoms with E-state index in [1.165, 1.54) is 17.4 Å². The summed E-state index contributed by atoms with van der Waals surface area (Å²) in [5.74, 6) is 2.07. The number of terminal acetylenes is 1. The number of fused-ring (bicyclic) bond motifs is 1. The first-order valence-corrected chi connectivity index (χ1v) is 11.6. The van der Waals surface area contributed by atoms with E-state index in [-0.39, 0.29) is 18.3 Å². The molecule has 170 valence electrons. The lowest BCUT2D eigenvalue weighted by molar-refractivity contribution is 0.0321. The molecule has 1 aromatic heterocycles. The van der Waals surface area contributed by atoms with Gasteiger partial charge in [-0.1, -0.05) is 54.5 Å². The van der Waals surface area contributed by atoms with Crippen molar-refractivity contribution in [2.24, 2.45) is 0 Å². The van der Waals surface area contributed by atoms with Gasteiger partial charge < -0.3 is 15.0 Å². The molecule has 5 nitrogen and oxygen atoms in total. The van der Waals surface area contributed by atoms with Crippen molar-refractivity contribution in [3.05, 3.63) is 83.0 Å². The monoisotopic (exact) mass is 472 g/mol. The van der Waals surface area contributed by atoms with Gasteiger partial charge in [0.15, 0.2) is 0 Å². The number of likely N-dealkylation sites (tertiary alicyclic amines) is 1. The highest BCUT2D eigenvalue weighted by Crippen LogP contribution is 2.38. The molecule has 5 rings (SSSR count). The molecular weight excluding hydrogens is 451 g/mol. The number of nitrogens with zero attached hydrogens (tertiary/aromatic N) is 1. The van der Waals surface area contributed by atoms with Crippen LogP contribution in [-0.2, 0) is 11.2 Å². The van der Waals surface area contributed by atoms with E-state index in [1.54, 1.807) is 35.3 Å². The Labute approximate surface area is 200 Å². The van der Waals surface area contributed by atoms with Gasteiger partial charge in [-0.25, -0.2) is 9.18 Å². The second kappa shape index (κ2) is 8.81. The van der Waals surface area contributed by atoms with Crippen LogP contribution in [0.25, 0.3) is 21.2 Å². The van der Waals surface area contributed by atoms with E-state index >= 15 is 0 Å². The third-order valence-corrected chi connectivity index (χ3v) is 7.24. The largest absolute Gasteiger partial charge is 0.447 e. The third-order valence-electron chi connectivity index (χ3n) is 6.05. The van der Waals surface area contributed by atoms with Gasteiger partial charge in [0.05, 0.1) is 4.88 Å². The Kier molecular flexibility index (Phi) is 5.68. The summed E-state index contributed by atoms with van der Waals surface area (Å²) in [7, 11) is 0. The summed E-state index contributed by atoms with van der Waals surface area (Å²) >= 11 is 1.41. The zero-order valence-electron chi connectivity index (χ0n) is 18.2. The Morgan fingerprint density at radius 2 is 2.09 bits per heavy atom. The lowest BCUT2D eigenvalue weighted by atomic mass is 9.91. The maximum atomic E-state index is 14.4. The van der Waals surface area contributed by atoms with Crippen molar-refractivity contribution in [3.63, 3.8) is 0 Å². The van der Waals surface area contributed by atoms with E-state index in [9.17, 15) is 14.0 Å². The van der Waals surface area contributed by atoms with E-state index in [1.807, 2.05) is 30.4 Å². The number of hydrogen-bond acceptors (Lipinski definition) is 4. The van der Waals surface area contributed by atoms with Crippen LogP contribution in [0.15, 0.2) is 66.8 Å². The molecule has 2 saturated heterocycles. The molecule has 2 aliphatic heterocycles. The van der Waals surface area contributed by atoms with E-state index in [2.05, 4.69) is 11.2 Å². The number of amides is 2. The van der Waals surface area contributed by atoms with Gasteiger partial charge in [-0.2, -0.15) is 0 Å². The first-order chi connectivity index (χ1) is 16.5. The van der Waals surface area contributed by atoms with Crippen molar-refractivity contribution in [3.8, 4) is 23.5 Å². The van der Waals surface area contributed by atoms with Crippen LogP contribution in [0.4, 0.5) is 9.18 Å². The maximum absolute atomic E-state index is 14.4. The number of halogens is 1. The molecule has 2 aliphatic rings. The summed E-state index contributed by atoms with van der Waals surface area (Å²) in [6.07, 6.45) is 12.5. The number of nitrogens with one attached hydrogen (secondary N) is 1. The van der Waals surface area contributed by atoms with Crippen molar-refractivity contribution in [2.75, 3.05) is 19.7 Å². The number of cyclic esters (lactones) is 1. The maximum Gasteiger partial charge on any atom is 0.407 e. The van der Waals surface area contributed by atoms with Gasteiger partial charge in [0.1, 0.15) is 18.0 Å². The smallest absolute Gasteiger partial charge is 0.407 e.